The monoisotopic (exact) mass is 382 g/mol. The molecule has 28 heavy (non-hydrogen) atoms. The van der Waals surface area contributed by atoms with Crippen molar-refractivity contribution in [3.63, 3.8) is 0 Å². The van der Waals surface area contributed by atoms with Gasteiger partial charge in [0.05, 0.1) is 26.4 Å². The second kappa shape index (κ2) is 9.37. The van der Waals surface area contributed by atoms with Gasteiger partial charge < -0.3 is 19.7 Å². The zero-order chi connectivity index (χ0) is 19.9. The summed E-state index contributed by atoms with van der Waals surface area (Å²) in [5.41, 5.74) is 2.18. The van der Waals surface area contributed by atoms with Crippen LogP contribution in [0, 0.1) is 0 Å². The lowest BCUT2D eigenvalue weighted by atomic mass is 10.1. The Kier molecular flexibility index (Phi) is 6.66. The molecule has 0 radical (unpaired) electrons. The minimum Gasteiger partial charge on any atom is -0.496 e. The van der Waals surface area contributed by atoms with E-state index in [2.05, 4.69) is 5.32 Å². The number of anilines is 1. The van der Waals surface area contributed by atoms with Crippen molar-refractivity contribution < 1.29 is 19.1 Å². The van der Waals surface area contributed by atoms with Crippen LogP contribution in [0.1, 0.15) is 29.3 Å². The topological polar surface area (TPSA) is 67.9 Å². The number of carbonyl (C=O) groups is 2. The number of benzene rings is 2. The van der Waals surface area contributed by atoms with E-state index >= 15 is 0 Å². The molecule has 3 rings (SSSR count). The molecule has 2 amide bonds. The Bertz CT molecular complexity index is 837. The van der Waals surface area contributed by atoms with E-state index in [1.165, 1.54) is 0 Å². The van der Waals surface area contributed by atoms with Crippen LogP contribution in [0.15, 0.2) is 48.5 Å². The molecule has 1 atom stereocenters. The summed E-state index contributed by atoms with van der Waals surface area (Å²) >= 11 is 0. The summed E-state index contributed by atoms with van der Waals surface area (Å²) in [6.45, 7) is 3.65. The molecule has 0 aliphatic carbocycles. The Balaban J connectivity index is 1.60. The van der Waals surface area contributed by atoms with E-state index in [1.807, 2.05) is 36.1 Å². The molecule has 1 aliphatic heterocycles. The van der Waals surface area contributed by atoms with Crippen molar-refractivity contribution in [1.82, 2.24) is 4.90 Å². The molecule has 0 bridgehead atoms. The van der Waals surface area contributed by atoms with Crippen molar-refractivity contribution in [3.8, 4) is 5.75 Å². The van der Waals surface area contributed by atoms with Crippen LogP contribution < -0.4 is 10.1 Å². The van der Waals surface area contributed by atoms with Gasteiger partial charge in [0.25, 0.3) is 5.91 Å². The first kappa shape index (κ1) is 19.9. The van der Waals surface area contributed by atoms with Gasteiger partial charge in [0, 0.05) is 24.2 Å². The quantitative estimate of drug-likeness (QED) is 0.834. The molecular weight excluding hydrogens is 356 g/mol. The van der Waals surface area contributed by atoms with Crippen molar-refractivity contribution in [2.45, 2.75) is 25.8 Å². The third kappa shape index (κ3) is 4.89. The fraction of sp³-hybridized carbons (Fsp3) is 0.364. The van der Waals surface area contributed by atoms with Crippen LogP contribution in [0.25, 0.3) is 0 Å². The van der Waals surface area contributed by atoms with Gasteiger partial charge in [0.15, 0.2) is 0 Å². The van der Waals surface area contributed by atoms with Crippen LogP contribution in [0.3, 0.4) is 0 Å². The van der Waals surface area contributed by atoms with E-state index in [4.69, 9.17) is 9.47 Å². The highest BCUT2D eigenvalue weighted by atomic mass is 16.5. The van der Waals surface area contributed by atoms with E-state index in [0.717, 1.165) is 11.3 Å². The largest absolute Gasteiger partial charge is 0.496 e. The van der Waals surface area contributed by atoms with Gasteiger partial charge in [0.2, 0.25) is 5.91 Å². The normalized spacial score (nSPS) is 16.5. The Morgan fingerprint density at radius 1 is 1.21 bits per heavy atom. The minimum absolute atomic E-state index is 0.0408. The van der Waals surface area contributed by atoms with Crippen molar-refractivity contribution in [2.75, 3.05) is 32.2 Å². The second-order valence-corrected chi connectivity index (χ2v) is 6.86. The van der Waals surface area contributed by atoms with E-state index < -0.39 is 0 Å². The fourth-order valence-electron chi connectivity index (χ4n) is 3.31. The van der Waals surface area contributed by atoms with Gasteiger partial charge in [-0.3, -0.25) is 9.59 Å². The molecule has 6 nitrogen and oxygen atoms in total. The number of methoxy groups -OCH3 is 1. The lowest BCUT2D eigenvalue weighted by Crippen LogP contribution is -2.47. The lowest BCUT2D eigenvalue weighted by Gasteiger charge is -2.33. The maximum atomic E-state index is 12.8. The summed E-state index contributed by atoms with van der Waals surface area (Å²) in [5, 5.41) is 2.88. The number of ether oxygens (including phenoxy) is 2. The average molecular weight is 382 g/mol. The number of carbonyl (C=O) groups excluding carboxylic acids is 2. The molecule has 1 heterocycles. The van der Waals surface area contributed by atoms with Gasteiger partial charge in [-0.1, -0.05) is 24.3 Å². The smallest absolute Gasteiger partial charge is 0.254 e. The van der Waals surface area contributed by atoms with Crippen LogP contribution in [0.4, 0.5) is 5.69 Å². The number of para-hydroxylation sites is 1. The summed E-state index contributed by atoms with van der Waals surface area (Å²) in [6, 6.07) is 14.8. The van der Waals surface area contributed by atoms with Gasteiger partial charge in [-0.25, -0.2) is 0 Å². The number of rotatable bonds is 6. The molecule has 1 aliphatic rings. The van der Waals surface area contributed by atoms with E-state index in [1.54, 1.807) is 31.4 Å². The highest BCUT2D eigenvalue weighted by Gasteiger charge is 2.24. The van der Waals surface area contributed by atoms with E-state index in [-0.39, 0.29) is 17.9 Å². The molecule has 1 saturated heterocycles. The molecule has 0 saturated carbocycles. The molecule has 2 aromatic rings. The van der Waals surface area contributed by atoms with Crippen molar-refractivity contribution in [3.05, 3.63) is 59.7 Å². The van der Waals surface area contributed by atoms with Gasteiger partial charge in [0.1, 0.15) is 5.75 Å². The number of hydrogen-bond donors (Lipinski definition) is 1. The second-order valence-electron chi connectivity index (χ2n) is 6.86. The highest BCUT2D eigenvalue weighted by Crippen LogP contribution is 2.20. The average Bonchev–Trinajstić information content (AvgIpc) is 2.72. The van der Waals surface area contributed by atoms with Crippen molar-refractivity contribution in [1.29, 1.82) is 0 Å². The van der Waals surface area contributed by atoms with Crippen LogP contribution in [0.2, 0.25) is 0 Å². The first-order valence-electron chi connectivity index (χ1n) is 9.49. The Hall–Kier alpha value is -2.86. The maximum Gasteiger partial charge on any atom is 0.254 e. The molecule has 148 valence electrons. The molecule has 2 aromatic carbocycles. The van der Waals surface area contributed by atoms with Gasteiger partial charge >= 0.3 is 0 Å². The van der Waals surface area contributed by atoms with E-state index in [9.17, 15) is 9.59 Å². The first-order chi connectivity index (χ1) is 13.6. The summed E-state index contributed by atoms with van der Waals surface area (Å²) in [7, 11) is 1.62. The summed E-state index contributed by atoms with van der Waals surface area (Å²) in [4.78, 5) is 26.9. The molecule has 6 heteroatoms. The number of nitrogens with zero attached hydrogens (tertiary/aromatic N) is 1. The highest BCUT2D eigenvalue weighted by molar-refractivity contribution is 5.97. The fourth-order valence-corrected chi connectivity index (χ4v) is 3.31. The zero-order valence-electron chi connectivity index (χ0n) is 16.3. The Morgan fingerprint density at radius 2 is 2.04 bits per heavy atom. The predicted octanol–water partition coefficient (Wildman–Crippen LogP) is 3.13. The third-order valence-corrected chi connectivity index (χ3v) is 4.84. The number of nitrogens with one attached hydrogen (secondary N) is 1. The molecule has 0 spiro atoms. The van der Waals surface area contributed by atoms with Crippen LogP contribution in [-0.2, 0) is 16.0 Å². The van der Waals surface area contributed by atoms with Crippen molar-refractivity contribution in [2.24, 2.45) is 0 Å². The van der Waals surface area contributed by atoms with Crippen LogP contribution in [0.5, 0.6) is 5.75 Å². The van der Waals surface area contributed by atoms with Gasteiger partial charge in [-0.2, -0.15) is 0 Å². The van der Waals surface area contributed by atoms with Gasteiger partial charge in [-0.15, -0.1) is 0 Å². The summed E-state index contributed by atoms with van der Waals surface area (Å²) in [6.07, 6.45) is 0.915. The predicted molar refractivity (Wildman–Crippen MR) is 108 cm³/mol. The SMILES string of the molecule is COc1ccccc1CCC(=O)Nc1cccc(C(=O)N2CCOCC2C)c1. The third-order valence-electron chi connectivity index (χ3n) is 4.84. The standard InChI is InChI=1S/C22H26N2O4/c1-16-15-28-13-12-24(16)22(26)18-7-5-8-19(14-18)23-21(25)11-10-17-6-3-4-9-20(17)27-2/h3-9,14,16H,10-13,15H2,1-2H3,(H,23,25). The van der Waals surface area contributed by atoms with Gasteiger partial charge in [-0.05, 0) is 43.2 Å². The number of hydrogen-bond acceptors (Lipinski definition) is 4. The Morgan fingerprint density at radius 3 is 2.82 bits per heavy atom. The number of morpholine rings is 1. The van der Waals surface area contributed by atoms with Crippen LogP contribution >= 0.6 is 0 Å². The molecule has 1 N–H and O–H groups in total. The summed E-state index contributed by atoms with van der Waals surface area (Å²) < 4.78 is 10.7. The minimum atomic E-state index is -0.102. The zero-order valence-corrected chi connectivity index (χ0v) is 16.3. The first-order valence-corrected chi connectivity index (χ1v) is 9.49. The number of amides is 2. The maximum absolute atomic E-state index is 12.8. The van der Waals surface area contributed by atoms with Crippen LogP contribution in [-0.4, -0.2) is 49.6 Å². The van der Waals surface area contributed by atoms with Crippen molar-refractivity contribution >= 4 is 17.5 Å². The molecule has 1 unspecified atom stereocenters. The Labute approximate surface area is 165 Å². The lowest BCUT2D eigenvalue weighted by molar-refractivity contribution is -0.116. The molecular formula is C22H26N2O4. The molecule has 1 fully saturated rings. The number of aryl methyl sites for hydroxylation is 1. The molecule has 0 aromatic heterocycles. The summed E-state index contributed by atoms with van der Waals surface area (Å²) in [5.74, 6) is 0.638. The van der Waals surface area contributed by atoms with E-state index in [0.29, 0.717) is 43.9 Å².